The highest BCUT2D eigenvalue weighted by Gasteiger charge is 2.25. The molecule has 0 aliphatic heterocycles. The van der Waals surface area contributed by atoms with Gasteiger partial charge < -0.3 is 5.73 Å². The third-order valence-corrected chi connectivity index (χ3v) is 3.12. The molecule has 0 amide bonds. The zero-order chi connectivity index (χ0) is 11.5. The minimum atomic E-state index is 0.156. The van der Waals surface area contributed by atoms with Crippen LogP contribution in [0.25, 0.3) is 0 Å². The maximum Gasteiger partial charge on any atom is 0.328 e. The van der Waals surface area contributed by atoms with Crippen LogP contribution in [0.3, 0.4) is 0 Å². The van der Waals surface area contributed by atoms with E-state index in [0.29, 0.717) is 6.04 Å². The summed E-state index contributed by atoms with van der Waals surface area (Å²) in [4.78, 5) is 11.9. The van der Waals surface area contributed by atoms with Gasteiger partial charge in [-0.2, -0.15) is 0 Å². The van der Waals surface area contributed by atoms with Crippen LogP contribution in [0, 0.1) is 0 Å². The van der Waals surface area contributed by atoms with Crippen LogP contribution in [0.4, 0.5) is 0 Å². The van der Waals surface area contributed by atoms with Gasteiger partial charge in [0.05, 0.1) is 0 Å². The van der Waals surface area contributed by atoms with Crippen molar-refractivity contribution in [1.29, 1.82) is 0 Å². The summed E-state index contributed by atoms with van der Waals surface area (Å²) >= 11 is 0. The fourth-order valence-electron chi connectivity index (χ4n) is 1.98. The van der Waals surface area contributed by atoms with Crippen LogP contribution in [0.15, 0.2) is 17.2 Å². The number of aromatic nitrogens is 2. The van der Waals surface area contributed by atoms with Crippen molar-refractivity contribution >= 4 is 0 Å². The lowest BCUT2D eigenvalue weighted by atomic mass is 10.1. The van der Waals surface area contributed by atoms with E-state index >= 15 is 0 Å². The first kappa shape index (κ1) is 11.5. The Morgan fingerprint density at radius 1 is 1.44 bits per heavy atom. The van der Waals surface area contributed by atoms with Crippen LogP contribution in [0.2, 0.25) is 0 Å². The van der Waals surface area contributed by atoms with Gasteiger partial charge in [-0.15, -0.1) is 0 Å². The summed E-state index contributed by atoms with van der Waals surface area (Å²) in [5, 5.41) is 0. The molecule has 2 N–H and O–H groups in total. The predicted molar refractivity (Wildman–Crippen MR) is 64.5 cm³/mol. The van der Waals surface area contributed by atoms with E-state index in [1.807, 2.05) is 28.5 Å². The second-order valence-corrected chi connectivity index (χ2v) is 4.89. The second-order valence-electron chi connectivity index (χ2n) is 4.89. The molecule has 0 saturated heterocycles. The molecule has 1 fully saturated rings. The highest BCUT2D eigenvalue weighted by Crippen LogP contribution is 2.33. The highest BCUT2D eigenvalue weighted by atomic mass is 16.1. The summed E-state index contributed by atoms with van der Waals surface area (Å²) in [6, 6.07) is 0.755. The molecule has 0 aromatic carbocycles. The topological polar surface area (TPSA) is 52.9 Å². The highest BCUT2D eigenvalue weighted by molar-refractivity contribution is 4.91. The maximum atomic E-state index is 11.9. The molecule has 1 atom stereocenters. The summed E-state index contributed by atoms with van der Waals surface area (Å²) in [7, 11) is 0. The number of rotatable bonds is 6. The van der Waals surface area contributed by atoms with Crippen LogP contribution >= 0.6 is 0 Å². The molecular formula is C12H21N3O. The Morgan fingerprint density at radius 3 is 2.81 bits per heavy atom. The van der Waals surface area contributed by atoms with Gasteiger partial charge in [-0.1, -0.05) is 6.42 Å². The molecule has 90 valence electrons. The average Bonchev–Trinajstić information content (AvgIpc) is 3.00. The number of nitrogens with two attached hydrogens (primary N) is 1. The summed E-state index contributed by atoms with van der Waals surface area (Å²) in [5.74, 6) is 0. The lowest BCUT2D eigenvalue weighted by Crippen LogP contribution is -2.23. The van der Waals surface area contributed by atoms with Crippen molar-refractivity contribution in [2.75, 3.05) is 0 Å². The van der Waals surface area contributed by atoms with Gasteiger partial charge in [-0.25, -0.2) is 4.79 Å². The number of hydrogen-bond acceptors (Lipinski definition) is 2. The van der Waals surface area contributed by atoms with Gasteiger partial charge in [0.25, 0.3) is 0 Å². The Bertz CT molecular complexity index is 387. The lowest BCUT2D eigenvalue weighted by Gasteiger charge is -2.04. The van der Waals surface area contributed by atoms with E-state index < -0.39 is 0 Å². The van der Waals surface area contributed by atoms with E-state index in [2.05, 4.69) is 0 Å². The third kappa shape index (κ3) is 2.76. The number of aryl methyl sites for hydroxylation is 1. The molecule has 0 spiro atoms. The van der Waals surface area contributed by atoms with Crippen LogP contribution in [-0.2, 0) is 6.54 Å². The molecule has 1 aliphatic rings. The number of unbranched alkanes of at least 4 members (excludes halogenated alkanes) is 1. The molecule has 1 saturated carbocycles. The van der Waals surface area contributed by atoms with Gasteiger partial charge >= 0.3 is 5.69 Å². The molecule has 1 aromatic rings. The molecule has 4 nitrogen and oxygen atoms in total. The first-order chi connectivity index (χ1) is 7.68. The van der Waals surface area contributed by atoms with Crippen LogP contribution in [0.1, 0.15) is 45.1 Å². The Hall–Kier alpha value is -1.03. The first-order valence-electron chi connectivity index (χ1n) is 6.21. The van der Waals surface area contributed by atoms with Gasteiger partial charge in [0.1, 0.15) is 0 Å². The summed E-state index contributed by atoms with van der Waals surface area (Å²) in [5.41, 5.74) is 5.84. The van der Waals surface area contributed by atoms with Crippen LogP contribution in [-0.4, -0.2) is 15.2 Å². The lowest BCUT2D eigenvalue weighted by molar-refractivity contribution is 0.533. The zero-order valence-electron chi connectivity index (χ0n) is 9.93. The normalized spacial score (nSPS) is 17.6. The largest absolute Gasteiger partial charge is 0.328 e. The molecule has 1 aliphatic carbocycles. The molecule has 0 radical (unpaired) electrons. The van der Waals surface area contributed by atoms with Crippen LogP contribution in [0.5, 0.6) is 0 Å². The van der Waals surface area contributed by atoms with Crippen molar-refractivity contribution < 1.29 is 0 Å². The van der Waals surface area contributed by atoms with Gasteiger partial charge in [0, 0.05) is 31.0 Å². The van der Waals surface area contributed by atoms with Gasteiger partial charge in [0.2, 0.25) is 0 Å². The van der Waals surface area contributed by atoms with Gasteiger partial charge in [-0.05, 0) is 32.6 Å². The number of hydrogen-bond donors (Lipinski definition) is 1. The standard InChI is InChI=1S/C12H21N3O/c1-10(13)4-2-3-7-14-8-9-15(12(14)16)11-5-6-11/h8-11H,2-7,13H2,1H3. The minimum absolute atomic E-state index is 0.156. The molecule has 1 heterocycles. The zero-order valence-corrected chi connectivity index (χ0v) is 9.93. The smallest absolute Gasteiger partial charge is 0.328 e. The quantitative estimate of drug-likeness (QED) is 0.743. The van der Waals surface area contributed by atoms with E-state index in [-0.39, 0.29) is 11.7 Å². The van der Waals surface area contributed by atoms with Gasteiger partial charge in [-0.3, -0.25) is 9.13 Å². The molecule has 4 heteroatoms. The predicted octanol–water partition coefficient (Wildman–Crippen LogP) is 1.50. The molecule has 1 unspecified atom stereocenters. The van der Waals surface area contributed by atoms with Crippen molar-refractivity contribution in [2.45, 2.75) is 57.7 Å². The molecule has 0 bridgehead atoms. The van der Waals surface area contributed by atoms with Crippen molar-refractivity contribution in [1.82, 2.24) is 9.13 Å². The second kappa shape index (κ2) is 4.87. The van der Waals surface area contributed by atoms with Crippen LogP contribution < -0.4 is 11.4 Å². The maximum absolute atomic E-state index is 11.9. The summed E-state index contributed by atoms with van der Waals surface area (Å²) < 4.78 is 3.69. The third-order valence-electron chi connectivity index (χ3n) is 3.12. The number of imidazole rings is 1. The molecule has 1 aromatic heterocycles. The minimum Gasteiger partial charge on any atom is -0.328 e. The fraction of sp³-hybridized carbons (Fsp3) is 0.750. The van der Waals surface area contributed by atoms with E-state index in [0.717, 1.165) is 38.6 Å². The SMILES string of the molecule is CC(N)CCCCn1ccn(C2CC2)c1=O. The Balaban J connectivity index is 1.83. The molecular weight excluding hydrogens is 202 g/mol. The summed E-state index contributed by atoms with van der Waals surface area (Å²) in [6.45, 7) is 2.85. The molecule has 2 rings (SSSR count). The average molecular weight is 223 g/mol. The Kier molecular flexibility index (Phi) is 3.49. The monoisotopic (exact) mass is 223 g/mol. The fourth-order valence-corrected chi connectivity index (χ4v) is 1.98. The van der Waals surface area contributed by atoms with Crippen molar-refractivity contribution in [3.63, 3.8) is 0 Å². The molecule has 16 heavy (non-hydrogen) atoms. The Morgan fingerprint density at radius 2 is 2.19 bits per heavy atom. The Labute approximate surface area is 96.1 Å². The van der Waals surface area contributed by atoms with Crippen molar-refractivity contribution in [3.8, 4) is 0 Å². The first-order valence-corrected chi connectivity index (χ1v) is 6.21. The summed E-state index contributed by atoms with van der Waals surface area (Å²) in [6.07, 6.45) is 9.33. The van der Waals surface area contributed by atoms with Crippen molar-refractivity contribution in [3.05, 3.63) is 22.9 Å². The van der Waals surface area contributed by atoms with Gasteiger partial charge in [0.15, 0.2) is 0 Å². The van der Waals surface area contributed by atoms with E-state index in [9.17, 15) is 4.79 Å². The number of nitrogens with zero attached hydrogens (tertiary/aromatic N) is 2. The van der Waals surface area contributed by atoms with Crippen molar-refractivity contribution in [2.24, 2.45) is 5.73 Å². The van der Waals surface area contributed by atoms with E-state index in [1.54, 1.807) is 0 Å². The van der Waals surface area contributed by atoms with E-state index in [4.69, 9.17) is 5.73 Å². The van der Waals surface area contributed by atoms with E-state index in [1.165, 1.54) is 0 Å².